The van der Waals surface area contributed by atoms with Crippen molar-refractivity contribution in [2.75, 3.05) is 19.8 Å². The van der Waals surface area contributed by atoms with Gasteiger partial charge in [0, 0.05) is 25.3 Å². The van der Waals surface area contributed by atoms with Crippen LogP contribution in [0.3, 0.4) is 0 Å². The summed E-state index contributed by atoms with van der Waals surface area (Å²) >= 11 is 0. The highest BCUT2D eigenvalue weighted by Crippen LogP contribution is 2.68. The monoisotopic (exact) mass is 944 g/mol. The molecule has 1 amide bonds. The molecule has 25 atom stereocenters. The van der Waals surface area contributed by atoms with Crippen LogP contribution in [-0.4, -0.2) is 176 Å². The van der Waals surface area contributed by atoms with Crippen molar-refractivity contribution in [3.8, 4) is 0 Å². The fourth-order valence-electron chi connectivity index (χ4n) is 13.8. The Hall–Kier alpha value is -1.46. The van der Waals surface area contributed by atoms with Gasteiger partial charge < -0.3 is 79.7 Å². The third-order valence-electron chi connectivity index (χ3n) is 17.8. The number of hydrogen-bond donors (Lipinski definition) is 10. The third kappa shape index (κ3) is 10.3. The first kappa shape index (κ1) is 52.4. The van der Waals surface area contributed by atoms with Gasteiger partial charge in [-0.25, -0.2) is 0 Å². The Kier molecular flexibility index (Phi) is 17.1. The van der Waals surface area contributed by atoms with Gasteiger partial charge in [0.05, 0.1) is 31.5 Å². The van der Waals surface area contributed by atoms with Gasteiger partial charge in [0.25, 0.3) is 0 Å². The number of rotatable bonds is 16. The Morgan fingerprint density at radius 2 is 1.41 bits per heavy atom. The summed E-state index contributed by atoms with van der Waals surface area (Å²) in [6, 6.07) is 0. The molecule has 3 aliphatic heterocycles. The summed E-state index contributed by atoms with van der Waals surface area (Å²) in [7, 11) is 0. The molecule has 0 radical (unpaired) electrons. The van der Waals surface area contributed by atoms with Crippen molar-refractivity contribution in [3.63, 3.8) is 0 Å². The van der Waals surface area contributed by atoms with E-state index in [9.17, 15) is 55.5 Å². The number of ether oxygens (including phenoxy) is 6. The first-order valence-electron chi connectivity index (χ1n) is 25.0. The molecule has 7 rings (SSSR count). The molecule has 4 saturated carbocycles. The van der Waals surface area contributed by atoms with Gasteiger partial charge in [0.2, 0.25) is 5.91 Å². The van der Waals surface area contributed by atoms with Crippen molar-refractivity contribution >= 4 is 11.7 Å². The lowest BCUT2D eigenvalue weighted by Crippen LogP contribution is -2.66. The Balaban J connectivity index is 0.942. The molecule has 66 heavy (non-hydrogen) atoms. The van der Waals surface area contributed by atoms with Gasteiger partial charge in [-0.3, -0.25) is 9.59 Å². The molecule has 4 aliphatic carbocycles. The molecule has 0 aromatic heterocycles. The van der Waals surface area contributed by atoms with E-state index in [4.69, 9.17) is 28.4 Å². The van der Waals surface area contributed by atoms with E-state index in [1.165, 1.54) is 6.92 Å². The second-order valence-corrected chi connectivity index (χ2v) is 21.9. The maximum absolute atomic E-state index is 13.7. The highest BCUT2D eigenvalue weighted by atomic mass is 16.8. The largest absolute Gasteiger partial charge is 0.394 e. The summed E-state index contributed by atoms with van der Waals surface area (Å²) in [4.78, 5) is 25.7. The van der Waals surface area contributed by atoms with Gasteiger partial charge in [0.15, 0.2) is 18.9 Å². The second kappa shape index (κ2) is 21.5. The van der Waals surface area contributed by atoms with Crippen LogP contribution in [0.2, 0.25) is 0 Å². The predicted octanol–water partition coefficient (Wildman–Crippen LogP) is 0.654. The minimum atomic E-state index is -1.73. The van der Waals surface area contributed by atoms with Crippen molar-refractivity contribution in [1.29, 1.82) is 0 Å². The van der Waals surface area contributed by atoms with Gasteiger partial charge in [-0.15, -0.1) is 0 Å². The molecule has 7 fully saturated rings. The highest BCUT2D eigenvalue weighted by Gasteiger charge is 2.64. The molecule has 3 saturated heterocycles. The van der Waals surface area contributed by atoms with Crippen LogP contribution in [-0.2, 0) is 38.0 Å². The average molecular weight is 944 g/mol. The number of amides is 1. The molecule has 3 heterocycles. The van der Waals surface area contributed by atoms with Crippen molar-refractivity contribution in [3.05, 3.63) is 0 Å². The lowest BCUT2D eigenvalue weighted by Gasteiger charge is -2.61. The van der Waals surface area contributed by atoms with Gasteiger partial charge in [-0.2, -0.15) is 0 Å². The van der Waals surface area contributed by atoms with Crippen LogP contribution in [0.15, 0.2) is 0 Å². The zero-order valence-electron chi connectivity index (χ0n) is 39.7. The summed E-state index contributed by atoms with van der Waals surface area (Å²) < 4.78 is 35.5. The standard InChI is InChI=1S/C48H81NO17/c1-7-8-34(54)49-19-22(2)9-12-30(51)23(3)35-31(52)18-29-27-11-10-25-17-26(13-15-47(25,5)28(27)14-16-48(29,35)6)63-45-41(60)39(58)42(33(20-50)64-45)65-46-43(38(57)36(55)24(4)62-46)66-44-40(59)37(56)32(53)21-61-44/h22-29,31-33,35-46,50,52-53,55-60H,7-21H2,1-6H3,(H,49,54)/t22?,23-,24+,25+,26+,27-,28+,29+,31-,32-,33-,35+,36+,37+,38-,39-,40-,41-,42-,43-,44+,45-,46+,47+,48+/m1/s1. The maximum Gasteiger partial charge on any atom is 0.219 e. The van der Waals surface area contributed by atoms with E-state index >= 15 is 0 Å². The molecular weight excluding hydrogens is 863 g/mol. The van der Waals surface area contributed by atoms with Crippen LogP contribution < -0.4 is 5.32 Å². The highest BCUT2D eigenvalue weighted by molar-refractivity contribution is 5.81. The molecule has 0 spiro atoms. The number of hydrogen-bond acceptors (Lipinski definition) is 17. The number of fused-ring (bicyclic) bond motifs is 5. The maximum atomic E-state index is 13.7. The van der Waals surface area contributed by atoms with Crippen molar-refractivity contribution < 1.29 is 84.0 Å². The zero-order valence-corrected chi connectivity index (χ0v) is 39.7. The first-order chi connectivity index (χ1) is 31.2. The van der Waals surface area contributed by atoms with Gasteiger partial charge >= 0.3 is 0 Å². The van der Waals surface area contributed by atoms with E-state index < -0.39 is 105 Å². The molecule has 0 aromatic rings. The van der Waals surface area contributed by atoms with Crippen LogP contribution >= 0.6 is 0 Å². The van der Waals surface area contributed by atoms with Crippen molar-refractivity contribution in [2.24, 2.45) is 52.3 Å². The number of aliphatic hydroxyl groups is 9. The van der Waals surface area contributed by atoms with Gasteiger partial charge in [-0.05, 0) is 117 Å². The minimum Gasteiger partial charge on any atom is -0.394 e. The molecule has 18 heteroatoms. The third-order valence-corrected chi connectivity index (χ3v) is 17.8. The predicted molar refractivity (Wildman–Crippen MR) is 234 cm³/mol. The van der Waals surface area contributed by atoms with Crippen LogP contribution in [0.4, 0.5) is 0 Å². The lowest BCUT2D eigenvalue weighted by molar-refractivity contribution is -0.383. The van der Waals surface area contributed by atoms with E-state index in [0.717, 1.165) is 44.9 Å². The molecule has 380 valence electrons. The zero-order chi connectivity index (χ0) is 48.0. The van der Waals surface area contributed by atoms with Crippen molar-refractivity contribution in [1.82, 2.24) is 5.32 Å². The number of ketones is 1. The Morgan fingerprint density at radius 1 is 0.727 bits per heavy atom. The summed E-state index contributed by atoms with van der Waals surface area (Å²) in [6.45, 7) is 11.8. The van der Waals surface area contributed by atoms with Crippen LogP contribution in [0.1, 0.15) is 119 Å². The topological polar surface area (TPSA) is 284 Å². The van der Waals surface area contributed by atoms with Crippen molar-refractivity contribution in [2.45, 2.75) is 217 Å². The van der Waals surface area contributed by atoms with Gasteiger partial charge in [0.1, 0.15) is 66.8 Å². The quantitative estimate of drug-likeness (QED) is 0.0952. The molecule has 1 unspecified atom stereocenters. The molecule has 0 aromatic carbocycles. The lowest BCUT2D eigenvalue weighted by atomic mass is 9.44. The van der Waals surface area contributed by atoms with Crippen LogP contribution in [0.5, 0.6) is 0 Å². The fourth-order valence-corrected chi connectivity index (χ4v) is 13.8. The summed E-state index contributed by atoms with van der Waals surface area (Å²) in [5, 5.41) is 100. The molecule has 7 aliphatic rings. The molecule has 10 N–H and O–H groups in total. The summed E-state index contributed by atoms with van der Waals surface area (Å²) in [5.41, 5.74) is -0.115. The summed E-state index contributed by atoms with van der Waals surface area (Å²) in [5.74, 6) is 1.60. The minimum absolute atomic E-state index is 0.0277. The normalized spacial score (nSPS) is 49.2. The number of nitrogens with one attached hydrogen (secondary N) is 1. The van der Waals surface area contributed by atoms with Gasteiger partial charge in [-0.1, -0.05) is 34.6 Å². The SMILES string of the molecule is CCCC(=O)NCC(C)CCC(=O)[C@@H](C)[C@H]1[C@H](O)C[C@H]2[C@@H]3CC[C@H]4C[C@@H](O[C@@H]5O[C@H](CO)[C@@H](O[C@@H]6O[C@@H](C)[C@H](O)[C@@H](O)[C@H]6O[C@@H]6OC[C@@H](O)[C@H](O)[C@H]6O)[C@H](O)[C@H]5O)CC[C@]4(C)[C@H]3CC[C@]12C. The number of carbonyl (C=O) groups is 2. The van der Waals surface area contributed by atoms with Crippen LogP contribution in [0, 0.1) is 52.3 Å². The smallest absolute Gasteiger partial charge is 0.219 e. The van der Waals surface area contributed by atoms with Crippen LogP contribution in [0.25, 0.3) is 0 Å². The second-order valence-electron chi connectivity index (χ2n) is 21.9. The molecule has 18 nitrogen and oxygen atoms in total. The Bertz CT molecular complexity index is 1630. The molecule has 0 bridgehead atoms. The van der Waals surface area contributed by atoms with E-state index in [0.29, 0.717) is 62.3 Å². The number of aliphatic hydroxyl groups excluding tert-OH is 9. The Labute approximate surface area is 389 Å². The fraction of sp³-hybridized carbons (Fsp3) is 0.958. The van der Waals surface area contributed by atoms with E-state index in [1.807, 2.05) is 13.8 Å². The molecular formula is C48H81NO17. The number of carbonyl (C=O) groups excluding carboxylic acids is 2. The summed E-state index contributed by atoms with van der Waals surface area (Å²) in [6.07, 6.45) is -12.3. The average Bonchev–Trinajstić information content (AvgIpc) is 3.56. The van der Waals surface area contributed by atoms with E-state index in [1.54, 1.807) is 0 Å². The first-order valence-corrected chi connectivity index (χ1v) is 25.0. The Morgan fingerprint density at radius 3 is 2.12 bits per heavy atom. The van der Waals surface area contributed by atoms with E-state index in [2.05, 4.69) is 26.1 Å². The number of Topliss-reactive ketones (excluding diaryl/α,β-unsaturated/α-hetero) is 1. The van der Waals surface area contributed by atoms with E-state index in [-0.39, 0.29) is 46.4 Å².